The minimum Gasteiger partial charge on any atom is -0.480 e. The van der Waals surface area contributed by atoms with E-state index in [0.717, 1.165) is 23.5 Å². The summed E-state index contributed by atoms with van der Waals surface area (Å²) in [6.07, 6.45) is 4.72. The van der Waals surface area contributed by atoms with Crippen molar-refractivity contribution in [2.75, 3.05) is 11.9 Å². The van der Waals surface area contributed by atoms with Crippen LogP contribution in [-0.2, 0) is 4.79 Å². The van der Waals surface area contributed by atoms with Crippen LogP contribution in [0.1, 0.15) is 62.3 Å². The molecule has 0 atom stereocenters. The Kier molecular flexibility index (Phi) is 5.85. The summed E-state index contributed by atoms with van der Waals surface area (Å²) in [6, 6.07) is 6.30. The van der Waals surface area contributed by atoms with Crippen molar-refractivity contribution in [2.24, 2.45) is 0 Å². The third-order valence-electron chi connectivity index (χ3n) is 4.53. The van der Waals surface area contributed by atoms with Gasteiger partial charge in [0.05, 0.1) is 10.7 Å². The molecule has 0 spiro atoms. The van der Waals surface area contributed by atoms with Gasteiger partial charge in [0.25, 0.3) is 11.8 Å². The van der Waals surface area contributed by atoms with Crippen LogP contribution in [0.5, 0.6) is 0 Å². The zero-order valence-electron chi connectivity index (χ0n) is 14.9. The number of aromatic nitrogens is 1. The molecule has 7 nitrogen and oxygen atoms in total. The highest BCUT2D eigenvalue weighted by Crippen LogP contribution is 2.37. The summed E-state index contributed by atoms with van der Waals surface area (Å²) in [7, 11) is 0. The highest BCUT2D eigenvalue weighted by atomic mass is 32.1. The number of benzene rings is 1. The second-order valence-corrected chi connectivity index (χ2v) is 7.59. The third-order valence-corrected chi connectivity index (χ3v) is 5.85. The van der Waals surface area contributed by atoms with Gasteiger partial charge in [-0.3, -0.25) is 14.4 Å². The van der Waals surface area contributed by atoms with Gasteiger partial charge in [0.1, 0.15) is 11.4 Å². The topological polar surface area (TPSA) is 108 Å². The first-order valence-corrected chi connectivity index (χ1v) is 9.64. The smallest absolute Gasteiger partial charge is 0.322 e. The molecule has 1 fully saturated rings. The van der Waals surface area contributed by atoms with E-state index in [1.807, 2.05) is 6.92 Å². The highest BCUT2D eigenvalue weighted by molar-refractivity contribution is 7.14. The number of hydrogen-bond donors (Lipinski definition) is 3. The first-order valence-electron chi connectivity index (χ1n) is 8.83. The van der Waals surface area contributed by atoms with Crippen molar-refractivity contribution in [1.29, 1.82) is 0 Å². The predicted octanol–water partition coefficient (Wildman–Crippen LogP) is 3.18. The van der Waals surface area contributed by atoms with Gasteiger partial charge in [0.2, 0.25) is 0 Å². The first-order chi connectivity index (χ1) is 12.9. The quantitative estimate of drug-likeness (QED) is 0.705. The van der Waals surface area contributed by atoms with Gasteiger partial charge in [-0.2, -0.15) is 0 Å². The Morgan fingerprint density at radius 2 is 1.81 bits per heavy atom. The maximum atomic E-state index is 12.6. The van der Waals surface area contributed by atoms with Gasteiger partial charge < -0.3 is 15.7 Å². The van der Waals surface area contributed by atoms with Crippen molar-refractivity contribution < 1.29 is 19.5 Å². The molecule has 0 bridgehead atoms. The number of amides is 2. The molecule has 1 saturated carbocycles. The minimum absolute atomic E-state index is 0.211. The molecule has 1 aliphatic carbocycles. The molecule has 0 unspecified atom stereocenters. The standard InChI is InChI=1S/C19H21N3O4S/c1-11-16(27-19(21-11)13-4-2-3-5-13)18(26)22-14-8-6-12(7-9-14)17(25)20-10-15(23)24/h6-9,13H,2-5,10H2,1H3,(H,20,25)(H,22,26)(H,23,24). The van der Waals surface area contributed by atoms with Crippen molar-refractivity contribution in [3.8, 4) is 0 Å². The normalized spacial score (nSPS) is 14.1. The first kappa shape index (κ1) is 19.0. The van der Waals surface area contributed by atoms with Crippen LogP contribution in [0.2, 0.25) is 0 Å². The molecule has 0 saturated heterocycles. The Labute approximate surface area is 160 Å². The van der Waals surface area contributed by atoms with Crippen LogP contribution in [0, 0.1) is 6.92 Å². The molecule has 3 N–H and O–H groups in total. The maximum absolute atomic E-state index is 12.6. The van der Waals surface area contributed by atoms with Crippen LogP contribution in [0.15, 0.2) is 24.3 Å². The van der Waals surface area contributed by atoms with Crippen LogP contribution in [-0.4, -0.2) is 34.4 Å². The van der Waals surface area contributed by atoms with E-state index in [0.29, 0.717) is 22.0 Å². The zero-order valence-corrected chi connectivity index (χ0v) is 15.8. The molecule has 1 aromatic carbocycles. The van der Waals surface area contributed by atoms with E-state index in [-0.39, 0.29) is 5.91 Å². The van der Waals surface area contributed by atoms with Gasteiger partial charge in [-0.1, -0.05) is 12.8 Å². The lowest BCUT2D eigenvalue weighted by Gasteiger charge is -2.06. The monoisotopic (exact) mass is 387 g/mol. The Morgan fingerprint density at radius 3 is 2.44 bits per heavy atom. The van der Waals surface area contributed by atoms with Crippen LogP contribution < -0.4 is 10.6 Å². The number of aliphatic carboxylic acids is 1. The number of aryl methyl sites for hydroxylation is 1. The molecule has 142 valence electrons. The fourth-order valence-corrected chi connectivity index (χ4v) is 4.26. The van der Waals surface area contributed by atoms with Crippen LogP contribution in [0.25, 0.3) is 0 Å². The molecule has 1 aliphatic rings. The summed E-state index contributed by atoms with van der Waals surface area (Å²) < 4.78 is 0. The number of hydrogen-bond acceptors (Lipinski definition) is 5. The third kappa shape index (κ3) is 4.71. The van der Waals surface area contributed by atoms with Gasteiger partial charge in [-0.25, -0.2) is 4.98 Å². The van der Waals surface area contributed by atoms with Crippen molar-refractivity contribution in [3.63, 3.8) is 0 Å². The summed E-state index contributed by atoms with van der Waals surface area (Å²) in [4.78, 5) is 40.1. The molecule has 1 heterocycles. The Bertz CT molecular complexity index is 854. The van der Waals surface area contributed by atoms with Crippen molar-refractivity contribution >= 4 is 34.8 Å². The summed E-state index contributed by atoms with van der Waals surface area (Å²) in [5, 5.41) is 14.7. The second kappa shape index (κ2) is 8.30. The fraction of sp³-hybridized carbons (Fsp3) is 0.368. The van der Waals surface area contributed by atoms with Crippen LogP contribution >= 0.6 is 11.3 Å². The Balaban J connectivity index is 1.64. The van der Waals surface area contributed by atoms with Crippen LogP contribution in [0.3, 0.4) is 0 Å². The molecule has 2 amide bonds. The molecule has 8 heteroatoms. The minimum atomic E-state index is -1.11. The van der Waals surface area contributed by atoms with E-state index >= 15 is 0 Å². The number of nitrogens with one attached hydrogen (secondary N) is 2. The van der Waals surface area contributed by atoms with E-state index in [1.54, 1.807) is 12.1 Å². The molecular formula is C19H21N3O4S. The van der Waals surface area contributed by atoms with E-state index in [9.17, 15) is 14.4 Å². The lowest BCUT2D eigenvalue weighted by Crippen LogP contribution is -2.29. The second-order valence-electron chi connectivity index (χ2n) is 6.56. The summed E-state index contributed by atoms with van der Waals surface area (Å²) >= 11 is 1.46. The predicted molar refractivity (Wildman–Crippen MR) is 102 cm³/mol. The number of carboxylic acid groups (broad SMARTS) is 1. The average molecular weight is 387 g/mol. The van der Waals surface area contributed by atoms with Gasteiger partial charge in [-0.05, 0) is 44.0 Å². The molecule has 0 aliphatic heterocycles. The number of carbonyl (C=O) groups is 3. The molecule has 3 rings (SSSR count). The summed E-state index contributed by atoms with van der Waals surface area (Å²) in [6.45, 7) is 1.41. The number of nitrogens with zero attached hydrogens (tertiary/aromatic N) is 1. The fourth-order valence-electron chi connectivity index (χ4n) is 3.13. The van der Waals surface area contributed by atoms with Gasteiger partial charge in [0, 0.05) is 17.2 Å². The Hall–Kier alpha value is -2.74. The molecule has 2 aromatic rings. The molecular weight excluding hydrogens is 366 g/mol. The van der Waals surface area contributed by atoms with E-state index in [1.165, 1.54) is 36.3 Å². The zero-order chi connectivity index (χ0) is 19.4. The maximum Gasteiger partial charge on any atom is 0.322 e. The van der Waals surface area contributed by atoms with Gasteiger partial charge in [0.15, 0.2) is 0 Å². The SMILES string of the molecule is Cc1nc(C2CCCC2)sc1C(=O)Nc1ccc(C(=O)NCC(=O)O)cc1. The number of carbonyl (C=O) groups excluding carboxylic acids is 2. The van der Waals surface area contributed by atoms with E-state index in [2.05, 4.69) is 15.6 Å². The average Bonchev–Trinajstić information content (AvgIpc) is 3.29. The molecule has 27 heavy (non-hydrogen) atoms. The number of carboxylic acids is 1. The van der Waals surface area contributed by atoms with Gasteiger partial charge >= 0.3 is 5.97 Å². The van der Waals surface area contributed by atoms with Crippen molar-refractivity contribution in [2.45, 2.75) is 38.5 Å². The number of thiazole rings is 1. The molecule has 0 radical (unpaired) electrons. The summed E-state index contributed by atoms with van der Waals surface area (Å²) in [5.74, 6) is -1.32. The van der Waals surface area contributed by atoms with Crippen LogP contribution in [0.4, 0.5) is 5.69 Å². The van der Waals surface area contributed by atoms with E-state index in [4.69, 9.17) is 5.11 Å². The van der Waals surface area contributed by atoms with Gasteiger partial charge in [-0.15, -0.1) is 11.3 Å². The number of rotatable bonds is 6. The molecule has 1 aromatic heterocycles. The van der Waals surface area contributed by atoms with Crippen molar-refractivity contribution in [3.05, 3.63) is 45.4 Å². The number of anilines is 1. The van der Waals surface area contributed by atoms with E-state index < -0.39 is 18.4 Å². The highest BCUT2D eigenvalue weighted by Gasteiger charge is 2.23. The Morgan fingerprint density at radius 1 is 1.15 bits per heavy atom. The lowest BCUT2D eigenvalue weighted by atomic mass is 10.1. The lowest BCUT2D eigenvalue weighted by molar-refractivity contribution is -0.135. The van der Waals surface area contributed by atoms with Crippen molar-refractivity contribution in [1.82, 2.24) is 10.3 Å². The largest absolute Gasteiger partial charge is 0.480 e. The summed E-state index contributed by atoms with van der Waals surface area (Å²) in [5.41, 5.74) is 1.63.